The molecule has 0 saturated carbocycles. The highest BCUT2D eigenvalue weighted by Crippen LogP contribution is 2.33. The molecule has 0 aliphatic carbocycles. The van der Waals surface area contributed by atoms with Gasteiger partial charge in [-0.05, 0) is 74.5 Å². The van der Waals surface area contributed by atoms with Crippen LogP contribution in [0.15, 0.2) is 69.9 Å². The SMILES string of the molecule is CCC(C)n1ncn(-c2ccc(N3CCN(c4ccc(OCC5COC(CN=NCC=N)(C(C=N)CC=N)O5)cc4)CC3)cc2)c1=O. The fourth-order valence-corrected chi connectivity index (χ4v) is 5.77. The minimum atomic E-state index is -1.19. The zero-order valence-corrected chi connectivity index (χ0v) is 27.0. The average Bonchev–Trinajstić information content (AvgIpc) is 3.72. The molecule has 3 heterocycles. The molecule has 3 N–H and O–H groups in total. The monoisotopic (exact) mass is 644 g/mol. The molecular formula is C33H44N10O4. The first kappa shape index (κ1) is 33.7. The minimum absolute atomic E-state index is 0.0606. The average molecular weight is 645 g/mol. The summed E-state index contributed by atoms with van der Waals surface area (Å²) in [6, 6.07) is 16.2. The van der Waals surface area contributed by atoms with Crippen LogP contribution in [0.5, 0.6) is 5.75 Å². The molecule has 2 aliphatic rings. The summed E-state index contributed by atoms with van der Waals surface area (Å²) < 4.78 is 21.4. The Morgan fingerprint density at radius 2 is 1.62 bits per heavy atom. The molecule has 3 aromatic rings. The van der Waals surface area contributed by atoms with Gasteiger partial charge in [0.05, 0.1) is 30.8 Å². The van der Waals surface area contributed by atoms with Crippen LogP contribution in [-0.2, 0) is 9.47 Å². The molecule has 0 bridgehead atoms. The molecule has 14 heteroatoms. The van der Waals surface area contributed by atoms with Crippen molar-refractivity contribution >= 4 is 30.0 Å². The van der Waals surface area contributed by atoms with E-state index >= 15 is 0 Å². The molecule has 0 spiro atoms. The van der Waals surface area contributed by atoms with E-state index < -0.39 is 11.7 Å². The van der Waals surface area contributed by atoms with Crippen LogP contribution in [0.2, 0.25) is 0 Å². The van der Waals surface area contributed by atoms with Gasteiger partial charge in [0.15, 0.2) is 5.79 Å². The van der Waals surface area contributed by atoms with E-state index in [1.165, 1.54) is 17.1 Å². The predicted molar refractivity (Wildman–Crippen MR) is 182 cm³/mol. The van der Waals surface area contributed by atoms with Crippen molar-refractivity contribution in [2.75, 3.05) is 62.3 Å². The number of azo groups is 1. The molecule has 2 aliphatic heterocycles. The second-order valence-electron chi connectivity index (χ2n) is 11.7. The highest BCUT2D eigenvalue weighted by atomic mass is 16.8. The van der Waals surface area contributed by atoms with Crippen molar-refractivity contribution in [1.82, 2.24) is 14.3 Å². The molecule has 14 nitrogen and oxygen atoms in total. The van der Waals surface area contributed by atoms with Crippen molar-refractivity contribution in [2.24, 2.45) is 16.1 Å². The first-order valence-corrected chi connectivity index (χ1v) is 16.0. The van der Waals surface area contributed by atoms with Gasteiger partial charge in [0.1, 0.15) is 31.3 Å². The summed E-state index contributed by atoms with van der Waals surface area (Å²) in [5, 5.41) is 34.8. The third kappa shape index (κ3) is 7.83. The molecule has 2 aromatic carbocycles. The molecular weight excluding hydrogens is 600 g/mol. The Labute approximate surface area is 274 Å². The third-order valence-electron chi connectivity index (χ3n) is 8.69. The van der Waals surface area contributed by atoms with Crippen molar-refractivity contribution < 1.29 is 14.2 Å². The normalized spacial score (nSPS) is 21.1. The number of ether oxygens (including phenoxy) is 3. The Balaban J connectivity index is 1.11. The van der Waals surface area contributed by atoms with Crippen molar-refractivity contribution in [1.29, 1.82) is 16.2 Å². The number of hydrogen-bond acceptors (Lipinski definition) is 12. The predicted octanol–water partition coefficient (Wildman–Crippen LogP) is 4.23. The molecule has 0 amide bonds. The quantitative estimate of drug-likeness (QED) is 0.155. The number of anilines is 2. The second kappa shape index (κ2) is 15.7. The largest absolute Gasteiger partial charge is 0.491 e. The van der Waals surface area contributed by atoms with Crippen LogP contribution < -0.4 is 20.2 Å². The van der Waals surface area contributed by atoms with E-state index in [4.69, 9.17) is 30.4 Å². The lowest BCUT2D eigenvalue weighted by molar-refractivity contribution is -0.182. The molecule has 2 saturated heterocycles. The van der Waals surface area contributed by atoms with Gasteiger partial charge < -0.3 is 40.2 Å². The lowest BCUT2D eigenvalue weighted by Crippen LogP contribution is -2.46. The Kier molecular flexibility index (Phi) is 11.3. The Morgan fingerprint density at radius 3 is 2.21 bits per heavy atom. The maximum absolute atomic E-state index is 12.8. The van der Waals surface area contributed by atoms with Gasteiger partial charge in [0.2, 0.25) is 0 Å². The van der Waals surface area contributed by atoms with Gasteiger partial charge in [-0.25, -0.2) is 14.0 Å². The van der Waals surface area contributed by atoms with E-state index in [1.54, 1.807) is 10.9 Å². The van der Waals surface area contributed by atoms with Crippen LogP contribution in [0.4, 0.5) is 11.4 Å². The summed E-state index contributed by atoms with van der Waals surface area (Å²) in [5.41, 5.74) is 2.93. The first-order valence-electron chi connectivity index (χ1n) is 16.0. The van der Waals surface area contributed by atoms with Crippen molar-refractivity contribution in [3.63, 3.8) is 0 Å². The molecule has 2 fully saturated rings. The van der Waals surface area contributed by atoms with Crippen LogP contribution in [0.25, 0.3) is 5.69 Å². The van der Waals surface area contributed by atoms with Crippen LogP contribution >= 0.6 is 0 Å². The van der Waals surface area contributed by atoms with Gasteiger partial charge in [-0.2, -0.15) is 15.3 Å². The molecule has 4 unspecified atom stereocenters. The maximum Gasteiger partial charge on any atom is 0.350 e. The van der Waals surface area contributed by atoms with Gasteiger partial charge in [-0.3, -0.25) is 0 Å². The van der Waals surface area contributed by atoms with Gasteiger partial charge in [0.25, 0.3) is 0 Å². The zero-order chi connectivity index (χ0) is 33.2. The lowest BCUT2D eigenvalue weighted by Gasteiger charge is -2.37. The summed E-state index contributed by atoms with van der Waals surface area (Å²) in [6.07, 6.45) is 5.96. The number of nitrogens with zero attached hydrogens (tertiary/aromatic N) is 7. The minimum Gasteiger partial charge on any atom is -0.491 e. The Bertz CT molecular complexity index is 1560. The molecule has 5 rings (SSSR count). The van der Waals surface area contributed by atoms with Crippen molar-refractivity contribution in [3.8, 4) is 11.4 Å². The van der Waals surface area contributed by atoms with E-state index in [2.05, 4.69) is 49.4 Å². The fraction of sp³-hybridized carbons (Fsp3) is 0.485. The number of hydrogen-bond donors (Lipinski definition) is 3. The zero-order valence-electron chi connectivity index (χ0n) is 27.0. The molecule has 47 heavy (non-hydrogen) atoms. The summed E-state index contributed by atoms with van der Waals surface area (Å²) in [7, 11) is 0. The highest BCUT2D eigenvalue weighted by Gasteiger charge is 2.47. The molecule has 0 radical (unpaired) electrons. The summed E-state index contributed by atoms with van der Waals surface area (Å²) in [4.78, 5) is 17.5. The number of rotatable bonds is 16. The van der Waals surface area contributed by atoms with Crippen molar-refractivity contribution in [3.05, 3.63) is 65.3 Å². The van der Waals surface area contributed by atoms with Gasteiger partial charge in [-0.15, -0.1) is 0 Å². The molecule has 250 valence electrons. The lowest BCUT2D eigenvalue weighted by atomic mass is 9.96. The highest BCUT2D eigenvalue weighted by molar-refractivity contribution is 5.66. The van der Waals surface area contributed by atoms with Gasteiger partial charge in [-0.1, -0.05) is 6.92 Å². The summed E-state index contributed by atoms with van der Waals surface area (Å²) in [5.74, 6) is -0.959. The van der Waals surface area contributed by atoms with Crippen LogP contribution in [0.1, 0.15) is 32.7 Å². The van der Waals surface area contributed by atoms with E-state index in [0.717, 1.165) is 61.6 Å². The smallest absolute Gasteiger partial charge is 0.350 e. The maximum atomic E-state index is 12.8. The Hall–Kier alpha value is -4.69. The number of aromatic nitrogens is 3. The van der Waals surface area contributed by atoms with Crippen LogP contribution in [0.3, 0.4) is 0 Å². The summed E-state index contributed by atoms with van der Waals surface area (Å²) in [6.45, 7) is 8.31. The fourth-order valence-electron chi connectivity index (χ4n) is 5.77. The number of benzene rings is 2. The Morgan fingerprint density at radius 1 is 0.979 bits per heavy atom. The van der Waals surface area contributed by atoms with E-state index in [0.29, 0.717) is 0 Å². The van der Waals surface area contributed by atoms with Gasteiger partial charge >= 0.3 is 5.69 Å². The van der Waals surface area contributed by atoms with Gasteiger partial charge in [0, 0.05) is 50.0 Å². The topological polar surface area (TPSA) is 170 Å². The standard InChI is InChI=1S/C33H44N10O4/c1-3-25(2)43-32(44)42(24-39-43)29-6-4-27(5-7-29)40-16-18-41(19-17-40)28-8-10-30(11-9-28)45-21-31-22-46-33(47-31,23-38-37-15-14-35)26(20-36)12-13-34/h4-11,13-14,20,24-26,31,34-36H,3,12,15-19,21-23H2,1-2H3. The number of nitrogens with one attached hydrogen (secondary N) is 3. The van der Waals surface area contributed by atoms with E-state index in [-0.39, 0.29) is 50.6 Å². The molecule has 4 atom stereocenters. The van der Waals surface area contributed by atoms with E-state index in [1.807, 2.05) is 38.1 Å². The number of piperazine rings is 1. The van der Waals surface area contributed by atoms with Crippen LogP contribution in [-0.4, -0.2) is 97.4 Å². The van der Waals surface area contributed by atoms with Crippen molar-refractivity contribution in [2.45, 2.75) is 44.6 Å². The summed E-state index contributed by atoms with van der Waals surface area (Å²) >= 11 is 0. The second-order valence-corrected chi connectivity index (χ2v) is 11.7. The molecule has 1 aromatic heterocycles. The third-order valence-corrected chi connectivity index (χ3v) is 8.69. The first-order chi connectivity index (χ1) is 22.9. The van der Waals surface area contributed by atoms with E-state index in [9.17, 15) is 4.79 Å². The van der Waals surface area contributed by atoms with Crippen LogP contribution in [0, 0.1) is 22.1 Å².